The Morgan fingerprint density at radius 2 is 1.94 bits per heavy atom. The van der Waals surface area contributed by atoms with Crippen LogP contribution >= 0.6 is 0 Å². The number of nitrogens with zero attached hydrogens (tertiary/aromatic N) is 1. The Balaban J connectivity index is 2.60. The van der Waals surface area contributed by atoms with Crippen LogP contribution in [-0.4, -0.2) is 17.9 Å². The van der Waals surface area contributed by atoms with E-state index < -0.39 is 0 Å². The monoisotopic (exact) mass is 234 g/mol. The van der Waals surface area contributed by atoms with Gasteiger partial charge in [-0.1, -0.05) is 37.6 Å². The smallest absolute Gasteiger partial charge is 0.222 e. The third kappa shape index (κ3) is 4.19. The van der Waals surface area contributed by atoms with Gasteiger partial charge in [-0.3, -0.25) is 4.79 Å². The fourth-order valence-corrected chi connectivity index (χ4v) is 1.77. The van der Waals surface area contributed by atoms with Crippen molar-refractivity contribution in [1.82, 2.24) is 4.90 Å². The first-order valence-electron chi connectivity index (χ1n) is 6.19. The lowest BCUT2D eigenvalue weighted by atomic mass is 10.1. The third-order valence-corrected chi connectivity index (χ3v) is 2.92. The second kappa shape index (κ2) is 7.07. The van der Waals surface area contributed by atoms with Gasteiger partial charge in [0.15, 0.2) is 0 Å². The Morgan fingerprint density at radius 1 is 1.29 bits per heavy atom. The molecule has 0 spiro atoms. The first kappa shape index (κ1) is 13.7. The fraction of sp³-hybridized carbons (Fsp3) is 0.500. The molecule has 0 aliphatic heterocycles. The van der Waals surface area contributed by atoms with E-state index in [2.05, 4.69) is 6.92 Å². The van der Waals surface area contributed by atoms with Crippen LogP contribution in [0.5, 0.6) is 0 Å². The van der Waals surface area contributed by atoms with Crippen LogP contribution in [0.15, 0.2) is 24.3 Å². The lowest BCUT2D eigenvalue weighted by Gasteiger charge is -2.19. The summed E-state index contributed by atoms with van der Waals surface area (Å²) in [5.41, 5.74) is 7.93. The Hall–Kier alpha value is -1.35. The molecule has 1 amide bonds. The van der Waals surface area contributed by atoms with Crippen molar-refractivity contribution in [3.63, 3.8) is 0 Å². The quantitative estimate of drug-likeness (QED) is 0.821. The van der Waals surface area contributed by atoms with E-state index in [-0.39, 0.29) is 5.91 Å². The molecule has 1 aromatic carbocycles. The van der Waals surface area contributed by atoms with E-state index in [0.29, 0.717) is 19.5 Å². The minimum atomic E-state index is 0.207. The SMILES string of the molecule is CCCCC(=O)N(C)Cc1ccccc1CN. The maximum atomic E-state index is 11.8. The molecule has 0 saturated carbocycles. The second-order valence-electron chi connectivity index (χ2n) is 4.33. The first-order chi connectivity index (χ1) is 8.19. The summed E-state index contributed by atoms with van der Waals surface area (Å²) in [5, 5.41) is 0. The molecule has 0 aliphatic rings. The molecule has 0 bridgehead atoms. The molecule has 0 saturated heterocycles. The molecular weight excluding hydrogens is 212 g/mol. The highest BCUT2D eigenvalue weighted by atomic mass is 16.2. The number of benzene rings is 1. The van der Waals surface area contributed by atoms with Gasteiger partial charge in [0.1, 0.15) is 0 Å². The normalized spacial score (nSPS) is 10.3. The van der Waals surface area contributed by atoms with Gasteiger partial charge in [-0.15, -0.1) is 0 Å². The van der Waals surface area contributed by atoms with Crippen molar-refractivity contribution in [2.24, 2.45) is 5.73 Å². The highest BCUT2D eigenvalue weighted by Crippen LogP contribution is 2.11. The minimum absolute atomic E-state index is 0.207. The molecule has 1 rings (SSSR count). The predicted molar refractivity (Wildman–Crippen MR) is 70.3 cm³/mol. The standard InChI is InChI=1S/C14H22N2O/c1-3-4-9-14(17)16(2)11-13-8-6-5-7-12(13)10-15/h5-8H,3-4,9-11,15H2,1-2H3. The van der Waals surface area contributed by atoms with Gasteiger partial charge in [0.2, 0.25) is 5.91 Å². The zero-order valence-electron chi connectivity index (χ0n) is 10.8. The van der Waals surface area contributed by atoms with E-state index in [9.17, 15) is 4.79 Å². The van der Waals surface area contributed by atoms with Crippen molar-refractivity contribution >= 4 is 5.91 Å². The molecule has 2 N–H and O–H groups in total. The molecule has 0 aromatic heterocycles. The number of hydrogen-bond acceptors (Lipinski definition) is 2. The summed E-state index contributed by atoms with van der Waals surface area (Å²) >= 11 is 0. The first-order valence-corrected chi connectivity index (χ1v) is 6.19. The summed E-state index contributed by atoms with van der Waals surface area (Å²) in [6.07, 6.45) is 2.65. The predicted octanol–water partition coefficient (Wildman–Crippen LogP) is 2.29. The van der Waals surface area contributed by atoms with Crippen molar-refractivity contribution in [3.8, 4) is 0 Å². The summed E-state index contributed by atoms with van der Waals surface area (Å²) in [6.45, 7) is 3.26. The third-order valence-electron chi connectivity index (χ3n) is 2.92. The van der Waals surface area contributed by atoms with Gasteiger partial charge in [0, 0.05) is 26.6 Å². The Morgan fingerprint density at radius 3 is 2.53 bits per heavy atom. The van der Waals surface area contributed by atoms with E-state index in [1.54, 1.807) is 4.90 Å². The topological polar surface area (TPSA) is 46.3 Å². The Labute approximate surface area is 104 Å². The van der Waals surface area contributed by atoms with Gasteiger partial charge in [-0.05, 0) is 17.5 Å². The second-order valence-corrected chi connectivity index (χ2v) is 4.33. The molecular formula is C14H22N2O. The molecule has 0 heterocycles. The highest BCUT2D eigenvalue weighted by Gasteiger charge is 2.10. The van der Waals surface area contributed by atoms with Crippen LogP contribution in [0.1, 0.15) is 37.3 Å². The maximum Gasteiger partial charge on any atom is 0.222 e. The number of rotatable bonds is 6. The van der Waals surface area contributed by atoms with Crippen LogP contribution < -0.4 is 5.73 Å². The van der Waals surface area contributed by atoms with E-state index in [4.69, 9.17) is 5.73 Å². The molecule has 3 nitrogen and oxygen atoms in total. The average Bonchev–Trinajstić information content (AvgIpc) is 2.36. The van der Waals surface area contributed by atoms with Gasteiger partial charge in [0.25, 0.3) is 0 Å². The number of amides is 1. The van der Waals surface area contributed by atoms with Crippen LogP contribution in [0, 0.1) is 0 Å². The zero-order chi connectivity index (χ0) is 12.7. The summed E-state index contributed by atoms with van der Waals surface area (Å²) < 4.78 is 0. The van der Waals surface area contributed by atoms with E-state index in [1.165, 1.54) is 0 Å². The number of hydrogen-bond donors (Lipinski definition) is 1. The number of nitrogens with two attached hydrogens (primary N) is 1. The minimum Gasteiger partial charge on any atom is -0.341 e. The Bertz CT molecular complexity index is 363. The molecule has 0 fully saturated rings. The van der Waals surface area contributed by atoms with Crippen LogP contribution in [0.4, 0.5) is 0 Å². The molecule has 3 heteroatoms. The van der Waals surface area contributed by atoms with Crippen molar-refractivity contribution in [1.29, 1.82) is 0 Å². The number of carbonyl (C=O) groups is 1. The lowest BCUT2D eigenvalue weighted by Crippen LogP contribution is -2.26. The van der Waals surface area contributed by atoms with Crippen molar-refractivity contribution < 1.29 is 4.79 Å². The van der Waals surface area contributed by atoms with Crippen molar-refractivity contribution in [2.75, 3.05) is 7.05 Å². The molecule has 94 valence electrons. The molecule has 0 radical (unpaired) electrons. The zero-order valence-corrected chi connectivity index (χ0v) is 10.8. The van der Waals surface area contributed by atoms with Crippen LogP contribution in [-0.2, 0) is 17.9 Å². The van der Waals surface area contributed by atoms with E-state index >= 15 is 0 Å². The fourth-order valence-electron chi connectivity index (χ4n) is 1.77. The average molecular weight is 234 g/mol. The van der Waals surface area contributed by atoms with Gasteiger partial charge >= 0.3 is 0 Å². The maximum absolute atomic E-state index is 11.8. The summed E-state index contributed by atoms with van der Waals surface area (Å²) in [4.78, 5) is 13.6. The molecule has 0 atom stereocenters. The number of carbonyl (C=O) groups excluding carboxylic acids is 1. The van der Waals surface area contributed by atoms with Crippen molar-refractivity contribution in [2.45, 2.75) is 39.3 Å². The van der Waals surface area contributed by atoms with Gasteiger partial charge in [0.05, 0.1) is 0 Å². The molecule has 1 aromatic rings. The van der Waals surface area contributed by atoms with Crippen molar-refractivity contribution in [3.05, 3.63) is 35.4 Å². The largest absolute Gasteiger partial charge is 0.341 e. The van der Waals surface area contributed by atoms with Gasteiger partial charge < -0.3 is 10.6 Å². The Kier molecular flexibility index (Phi) is 5.70. The summed E-state index contributed by atoms with van der Waals surface area (Å²) in [5.74, 6) is 0.207. The lowest BCUT2D eigenvalue weighted by molar-refractivity contribution is -0.130. The molecule has 17 heavy (non-hydrogen) atoms. The molecule has 0 unspecified atom stereocenters. The van der Waals surface area contributed by atoms with E-state index in [1.807, 2.05) is 31.3 Å². The summed E-state index contributed by atoms with van der Waals surface area (Å²) in [6, 6.07) is 8.01. The van der Waals surface area contributed by atoms with Gasteiger partial charge in [-0.25, -0.2) is 0 Å². The van der Waals surface area contributed by atoms with Crippen LogP contribution in [0.3, 0.4) is 0 Å². The van der Waals surface area contributed by atoms with Gasteiger partial charge in [-0.2, -0.15) is 0 Å². The summed E-state index contributed by atoms with van der Waals surface area (Å²) in [7, 11) is 1.85. The number of unbranched alkanes of at least 4 members (excludes halogenated alkanes) is 1. The van der Waals surface area contributed by atoms with Crippen LogP contribution in [0.25, 0.3) is 0 Å². The molecule has 0 aliphatic carbocycles. The van der Waals surface area contributed by atoms with E-state index in [0.717, 1.165) is 24.0 Å². The van der Waals surface area contributed by atoms with Crippen LogP contribution in [0.2, 0.25) is 0 Å². The highest BCUT2D eigenvalue weighted by molar-refractivity contribution is 5.75.